The van der Waals surface area contributed by atoms with Gasteiger partial charge in [-0.2, -0.15) is 0 Å². The van der Waals surface area contributed by atoms with Crippen LogP contribution in [0.15, 0.2) is 24.3 Å². The molecule has 1 aliphatic rings. The third kappa shape index (κ3) is 7.63. The van der Waals surface area contributed by atoms with E-state index in [2.05, 4.69) is 17.6 Å². The highest BCUT2D eigenvalue weighted by atomic mass is 32.1. The molecule has 1 fully saturated rings. The van der Waals surface area contributed by atoms with Gasteiger partial charge in [0.1, 0.15) is 25.4 Å². The molecule has 0 bridgehead atoms. The first-order chi connectivity index (χ1) is 11.2. The Bertz CT molecular complexity index is 461. The quantitative estimate of drug-likeness (QED) is 0.465. The Kier molecular flexibility index (Phi) is 8.14. The minimum Gasteiger partial charge on any atom is -0.492 e. The standard InChI is InChI=1S/C17H27N3O2S/c1-15-3-5-16(6-4-15)22-12-8-19-17(23)18-7-2-9-20-10-13-21-14-11-20/h3-6H,2,7-14H2,1H3,(H2,18,19,23)/p+1. The van der Waals surface area contributed by atoms with Crippen LogP contribution >= 0.6 is 12.2 Å². The average Bonchev–Trinajstić information content (AvgIpc) is 2.58. The molecule has 5 nitrogen and oxygen atoms in total. The number of thiocarbonyl (C=S) groups is 1. The van der Waals surface area contributed by atoms with E-state index in [0.717, 1.165) is 45.0 Å². The van der Waals surface area contributed by atoms with Crippen LogP contribution in [0.5, 0.6) is 5.75 Å². The first-order valence-electron chi connectivity index (χ1n) is 8.36. The third-order valence-electron chi connectivity index (χ3n) is 3.87. The van der Waals surface area contributed by atoms with Crippen LogP contribution in [-0.2, 0) is 4.74 Å². The number of hydrogen-bond donors (Lipinski definition) is 3. The van der Waals surface area contributed by atoms with Crippen molar-refractivity contribution < 1.29 is 14.4 Å². The van der Waals surface area contributed by atoms with Crippen molar-refractivity contribution in [3.8, 4) is 5.75 Å². The maximum absolute atomic E-state index is 5.65. The van der Waals surface area contributed by atoms with Gasteiger partial charge in [-0.05, 0) is 31.3 Å². The van der Waals surface area contributed by atoms with Crippen molar-refractivity contribution in [1.82, 2.24) is 10.6 Å². The lowest BCUT2D eigenvalue weighted by molar-refractivity contribution is -0.908. The maximum atomic E-state index is 5.65. The highest BCUT2D eigenvalue weighted by Gasteiger charge is 2.12. The van der Waals surface area contributed by atoms with Crippen molar-refractivity contribution in [3.05, 3.63) is 29.8 Å². The van der Waals surface area contributed by atoms with Crippen LogP contribution in [0.3, 0.4) is 0 Å². The van der Waals surface area contributed by atoms with Crippen LogP contribution < -0.4 is 20.3 Å². The summed E-state index contributed by atoms with van der Waals surface area (Å²) in [6.45, 7) is 9.49. The zero-order valence-electron chi connectivity index (χ0n) is 13.9. The van der Waals surface area contributed by atoms with Gasteiger partial charge in [-0.15, -0.1) is 0 Å². The summed E-state index contributed by atoms with van der Waals surface area (Å²) in [6, 6.07) is 8.07. The van der Waals surface area contributed by atoms with Crippen LogP contribution in [0, 0.1) is 6.92 Å². The number of ether oxygens (including phenoxy) is 2. The second-order valence-corrected chi connectivity index (χ2v) is 6.22. The Balaban J connectivity index is 1.46. The number of morpholine rings is 1. The molecule has 0 atom stereocenters. The van der Waals surface area contributed by atoms with E-state index in [9.17, 15) is 0 Å². The number of benzene rings is 1. The zero-order valence-corrected chi connectivity index (χ0v) is 14.7. The SMILES string of the molecule is Cc1ccc(OCCNC(=S)NCCC[NH+]2CCOCC2)cc1. The number of nitrogens with one attached hydrogen (secondary N) is 3. The lowest BCUT2D eigenvalue weighted by Gasteiger charge is -2.23. The van der Waals surface area contributed by atoms with E-state index in [1.165, 1.54) is 12.1 Å². The number of rotatable bonds is 8. The Labute approximate surface area is 144 Å². The van der Waals surface area contributed by atoms with Gasteiger partial charge in [0.05, 0.1) is 26.3 Å². The molecule has 0 saturated carbocycles. The lowest BCUT2D eigenvalue weighted by Crippen LogP contribution is -3.14. The molecule has 1 aliphatic heterocycles. The Hall–Kier alpha value is -1.37. The predicted molar refractivity (Wildman–Crippen MR) is 96.3 cm³/mol. The van der Waals surface area contributed by atoms with Gasteiger partial charge < -0.3 is 25.0 Å². The minimum atomic E-state index is 0.600. The van der Waals surface area contributed by atoms with Crippen LogP contribution in [0.25, 0.3) is 0 Å². The number of aryl methyl sites for hydroxylation is 1. The van der Waals surface area contributed by atoms with Gasteiger partial charge in [-0.1, -0.05) is 17.7 Å². The summed E-state index contributed by atoms with van der Waals surface area (Å²) in [4.78, 5) is 1.63. The first-order valence-corrected chi connectivity index (χ1v) is 8.77. The second kappa shape index (κ2) is 10.4. The molecule has 0 aromatic heterocycles. The molecule has 1 aromatic carbocycles. The van der Waals surface area contributed by atoms with Crippen LogP contribution in [0.4, 0.5) is 0 Å². The lowest BCUT2D eigenvalue weighted by atomic mass is 10.2. The molecule has 1 saturated heterocycles. The fourth-order valence-corrected chi connectivity index (χ4v) is 2.68. The van der Waals surface area contributed by atoms with Gasteiger partial charge in [-0.25, -0.2) is 0 Å². The molecular formula is C17H28N3O2S+. The summed E-state index contributed by atoms with van der Waals surface area (Å²) in [5.41, 5.74) is 1.24. The van der Waals surface area contributed by atoms with Gasteiger partial charge >= 0.3 is 0 Å². The van der Waals surface area contributed by atoms with Gasteiger partial charge in [0.2, 0.25) is 0 Å². The van der Waals surface area contributed by atoms with Crippen LogP contribution in [0.2, 0.25) is 0 Å². The fourth-order valence-electron chi connectivity index (χ4n) is 2.48. The van der Waals surface area contributed by atoms with E-state index in [4.69, 9.17) is 21.7 Å². The van der Waals surface area contributed by atoms with Gasteiger partial charge in [0.25, 0.3) is 0 Å². The molecule has 1 aromatic rings. The number of quaternary nitrogens is 1. The third-order valence-corrected chi connectivity index (χ3v) is 4.16. The molecule has 128 valence electrons. The summed E-state index contributed by atoms with van der Waals surface area (Å²) in [6.07, 6.45) is 1.12. The molecule has 0 spiro atoms. The second-order valence-electron chi connectivity index (χ2n) is 5.81. The fraction of sp³-hybridized carbons (Fsp3) is 0.588. The first kappa shape index (κ1) is 18.0. The van der Waals surface area contributed by atoms with Crippen molar-refractivity contribution in [2.24, 2.45) is 0 Å². The summed E-state index contributed by atoms with van der Waals surface area (Å²) in [5, 5.41) is 7.12. The average molecular weight is 338 g/mol. The predicted octanol–water partition coefficient (Wildman–Crippen LogP) is 0.143. The molecule has 0 unspecified atom stereocenters. The summed E-state index contributed by atoms with van der Waals surface area (Å²) in [5.74, 6) is 0.893. The smallest absolute Gasteiger partial charge is 0.166 e. The van der Waals surface area contributed by atoms with E-state index in [1.807, 2.05) is 24.3 Å². The molecular weight excluding hydrogens is 310 g/mol. The van der Waals surface area contributed by atoms with E-state index >= 15 is 0 Å². The molecule has 0 radical (unpaired) electrons. The van der Waals surface area contributed by atoms with E-state index < -0.39 is 0 Å². The Morgan fingerprint density at radius 1 is 1.17 bits per heavy atom. The zero-order chi connectivity index (χ0) is 16.3. The Morgan fingerprint density at radius 3 is 2.61 bits per heavy atom. The molecule has 3 N–H and O–H groups in total. The van der Waals surface area contributed by atoms with E-state index in [1.54, 1.807) is 4.90 Å². The molecule has 1 heterocycles. The van der Waals surface area contributed by atoms with Crippen molar-refractivity contribution in [2.75, 3.05) is 52.5 Å². The van der Waals surface area contributed by atoms with Crippen molar-refractivity contribution in [2.45, 2.75) is 13.3 Å². The largest absolute Gasteiger partial charge is 0.492 e. The highest BCUT2D eigenvalue weighted by molar-refractivity contribution is 7.80. The van der Waals surface area contributed by atoms with E-state index in [0.29, 0.717) is 18.3 Å². The molecule has 23 heavy (non-hydrogen) atoms. The maximum Gasteiger partial charge on any atom is 0.166 e. The summed E-state index contributed by atoms with van der Waals surface area (Å²) in [7, 11) is 0. The van der Waals surface area contributed by atoms with Gasteiger partial charge in [0, 0.05) is 13.0 Å². The topological polar surface area (TPSA) is 47.0 Å². The van der Waals surface area contributed by atoms with Crippen molar-refractivity contribution in [1.29, 1.82) is 0 Å². The summed E-state index contributed by atoms with van der Waals surface area (Å²) < 4.78 is 11.0. The summed E-state index contributed by atoms with van der Waals surface area (Å²) >= 11 is 5.27. The van der Waals surface area contributed by atoms with Crippen LogP contribution in [0.1, 0.15) is 12.0 Å². The molecule has 2 rings (SSSR count). The molecule has 0 aliphatic carbocycles. The normalized spacial score (nSPS) is 15.2. The molecule has 6 heteroatoms. The van der Waals surface area contributed by atoms with E-state index in [-0.39, 0.29) is 0 Å². The monoisotopic (exact) mass is 338 g/mol. The highest BCUT2D eigenvalue weighted by Crippen LogP contribution is 2.10. The van der Waals surface area contributed by atoms with Crippen molar-refractivity contribution >= 4 is 17.3 Å². The van der Waals surface area contributed by atoms with Crippen molar-refractivity contribution in [3.63, 3.8) is 0 Å². The Morgan fingerprint density at radius 2 is 1.87 bits per heavy atom. The molecule has 0 amide bonds. The number of hydrogen-bond acceptors (Lipinski definition) is 3. The van der Waals surface area contributed by atoms with Gasteiger partial charge in [0.15, 0.2) is 5.11 Å². The van der Waals surface area contributed by atoms with Gasteiger partial charge in [-0.3, -0.25) is 0 Å². The minimum absolute atomic E-state index is 0.600. The van der Waals surface area contributed by atoms with Crippen LogP contribution in [-0.4, -0.2) is 57.7 Å².